The van der Waals surface area contributed by atoms with Gasteiger partial charge in [0.1, 0.15) is 0 Å². The summed E-state index contributed by atoms with van der Waals surface area (Å²) in [4.78, 5) is 0. The molecule has 0 aliphatic heterocycles. The molecule has 2 heteroatoms. The molecule has 0 aromatic rings. The van der Waals surface area contributed by atoms with Crippen LogP contribution in [0, 0.1) is 0 Å². The lowest BCUT2D eigenvalue weighted by Crippen LogP contribution is -2.52. The van der Waals surface area contributed by atoms with Crippen molar-refractivity contribution in [2.45, 2.75) is 12.8 Å². The Bertz CT molecular complexity index is 109. The fraction of sp³-hybridized carbons (Fsp3) is 0.714. The number of rotatable bonds is 5. The van der Waals surface area contributed by atoms with Crippen LogP contribution >= 0.6 is 0 Å². The molecule has 0 radical (unpaired) electrons. The monoisotopic (exact) mass is 128 g/mol. The summed E-state index contributed by atoms with van der Waals surface area (Å²) in [6, 6.07) is 0. The van der Waals surface area contributed by atoms with E-state index in [9.17, 15) is 0 Å². The van der Waals surface area contributed by atoms with E-state index in [-0.39, 0.29) is 0 Å². The molecule has 0 bridgehead atoms. The molecule has 0 amide bonds. The maximum Gasteiger partial charge on any atom is 0.0977 e. The smallest absolute Gasteiger partial charge is 0.0977 e. The van der Waals surface area contributed by atoms with Crippen molar-refractivity contribution >= 4 is 0 Å². The second kappa shape index (κ2) is 3.64. The van der Waals surface area contributed by atoms with Crippen LogP contribution in [0.25, 0.3) is 0 Å². The Morgan fingerprint density at radius 2 is 2.33 bits per heavy atom. The van der Waals surface area contributed by atoms with E-state index < -0.39 is 0 Å². The third-order valence-corrected chi connectivity index (χ3v) is 1.35. The SMILES string of the molecule is [NH3+]CCOCCC1=CC1. The van der Waals surface area contributed by atoms with E-state index in [0.717, 1.165) is 26.2 Å². The van der Waals surface area contributed by atoms with Crippen molar-refractivity contribution in [1.29, 1.82) is 0 Å². The third kappa shape index (κ3) is 3.27. The van der Waals surface area contributed by atoms with Gasteiger partial charge in [-0.2, -0.15) is 0 Å². The molecule has 3 N–H and O–H groups in total. The van der Waals surface area contributed by atoms with Crippen molar-refractivity contribution in [2.75, 3.05) is 19.8 Å². The largest absolute Gasteiger partial charge is 0.375 e. The standard InChI is InChI=1S/C7H13NO/c8-4-6-9-5-3-7-1-2-7/h1H,2-6,8H2/p+1. The van der Waals surface area contributed by atoms with Gasteiger partial charge in [0.15, 0.2) is 0 Å². The van der Waals surface area contributed by atoms with Gasteiger partial charge in [-0.1, -0.05) is 11.6 Å². The number of hydrogen-bond donors (Lipinski definition) is 1. The van der Waals surface area contributed by atoms with Crippen LogP contribution in [0.4, 0.5) is 0 Å². The molecule has 2 nitrogen and oxygen atoms in total. The lowest BCUT2D eigenvalue weighted by Gasteiger charge is -1.96. The molecule has 0 heterocycles. The maximum atomic E-state index is 5.23. The van der Waals surface area contributed by atoms with Gasteiger partial charge in [-0.25, -0.2) is 0 Å². The molecule has 1 rings (SSSR count). The summed E-state index contributed by atoms with van der Waals surface area (Å²) in [6.45, 7) is 2.59. The summed E-state index contributed by atoms with van der Waals surface area (Å²) >= 11 is 0. The van der Waals surface area contributed by atoms with E-state index in [4.69, 9.17) is 4.74 Å². The lowest BCUT2D eigenvalue weighted by atomic mass is 10.4. The summed E-state index contributed by atoms with van der Waals surface area (Å²) in [6.07, 6.45) is 4.61. The molecular formula is C7H14NO+. The predicted molar refractivity (Wildman–Crippen MR) is 35.9 cm³/mol. The minimum Gasteiger partial charge on any atom is -0.375 e. The summed E-state index contributed by atoms with van der Waals surface area (Å²) < 4.78 is 5.23. The molecule has 0 unspecified atom stereocenters. The van der Waals surface area contributed by atoms with E-state index in [1.807, 2.05) is 0 Å². The number of ether oxygens (including phenoxy) is 1. The fourth-order valence-electron chi connectivity index (χ4n) is 0.684. The Morgan fingerprint density at radius 1 is 1.56 bits per heavy atom. The van der Waals surface area contributed by atoms with Crippen molar-refractivity contribution in [3.8, 4) is 0 Å². The molecule has 9 heavy (non-hydrogen) atoms. The topological polar surface area (TPSA) is 36.9 Å². The van der Waals surface area contributed by atoms with Gasteiger partial charge in [0.25, 0.3) is 0 Å². The van der Waals surface area contributed by atoms with Crippen LogP contribution in [0.3, 0.4) is 0 Å². The third-order valence-electron chi connectivity index (χ3n) is 1.35. The second-order valence-electron chi connectivity index (χ2n) is 2.28. The van der Waals surface area contributed by atoms with E-state index in [0.29, 0.717) is 0 Å². The highest BCUT2D eigenvalue weighted by Gasteiger charge is 2.05. The van der Waals surface area contributed by atoms with Crippen LogP contribution in [0.15, 0.2) is 11.6 Å². The van der Waals surface area contributed by atoms with Gasteiger partial charge < -0.3 is 10.5 Å². The van der Waals surface area contributed by atoms with Crippen LogP contribution in [0.2, 0.25) is 0 Å². The van der Waals surface area contributed by atoms with E-state index in [1.54, 1.807) is 5.57 Å². The minimum atomic E-state index is 0.813. The molecule has 0 atom stereocenters. The summed E-state index contributed by atoms with van der Waals surface area (Å²) in [5.74, 6) is 0. The van der Waals surface area contributed by atoms with Gasteiger partial charge in [-0.05, 0) is 12.8 Å². The Labute approximate surface area is 55.7 Å². The molecule has 0 spiro atoms. The summed E-state index contributed by atoms with van der Waals surface area (Å²) in [5.41, 5.74) is 5.23. The minimum absolute atomic E-state index is 0.813. The van der Waals surface area contributed by atoms with E-state index in [2.05, 4.69) is 11.8 Å². The van der Waals surface area contributed by atoms with E-state index >= 15 is 0 Å². The van der Waals surface area contributed by atoms with Crippen LogP contribution in [0.5, 0.6) is 0 Å². The Balaban J connectivity index is 1.76. The highest BCUT2D eigenvalue weighted by Crippen LogP contribution is 2.21. The number of hydrogen-bond acceptors (Lipinski definition) is 1. The first-order chi connectivity index (χ1) is 4.43. The number of quaternary nitrogens is 1. The quantitative estimate of drug-likeness (QED) is 0.409. The molecule has 52 valence electrons. The van der Waals surface area contributed by atoms with Crippen LogP contribution < -0.4 is 5.73 Å². The molecule has 0 saturated carbocycles. The maximum absolute atomic E-state index is 5.23. The predicted octanol–water partition coefficient (Wildman–Crippen LogP) is -0.0349. The molecule has 0 fully saturated rings. The Kier molecular flexibility index (Phi) is 2.74. The molecule has 0 aromatic carbocycles. The zero-order chi connectivity index (χ0) is 6.53. The molecular weight excluding hydrogens is 114 g/mol. The summed E-state index contributed by atoms with van der Waals surface area (Å²) in [7, 11) is 0. The second-order valence-corrected chi connectivity index (χ2v) is 2.28. The highest BCUT2D eigenvalue weighted by atomic mass is 16.5. The first-order valence-electron chi connectivity index (χ1n) is 3.48. The molecule has 1 aliphatic rings. The van der Waals surface area contributed by atoms with Crippen LogP contribution in [-0.4, -0.2) is 19.8 Å². The van der Waals surface area contributed by atoms with Gasteiger partial charge in [0, 0.05) is 0 Å². The Hall–Kier alpha value is -0.340. The van der Waals surface area contributed by atoms with Gasteiger partial charge in [-0.3, -0.25) is 0 Å². The van der Waals surface area contributed by atoms with Crippen molar-refractivity contribution in [2.24, 2.45) is 0 Å². The van der Waals surface area contributed by atoms with Gasteiger partial charge in [0.05, 0.1) is 19.8 Å². The fourth-order valence-corrected chi connectivity index (χ4v) is 0.684. The Morgan fingerprint density at radius 3 is 2.89 bits per heavy atom. The first kappa shape index (κ1) is 6.78. The normalized spacial score (nSPS) is 15.4. The van der Waals surface area contributed by atoms with Gasteiger partial charge in [-0.15, -0.1) is 0 Å². The van der Waals surface area contributed by atoms with Crippen LogP contribution in [0.1, 0.15) is 12.8 Å². The lowest BCUT2D eigenvalue weighted by molar-refractivity contribution is -0.374. The van der Waals surface area contributed by atoms with Gasteiger partial charge >= 0.3 is 0 Å². The zero-order valence-corrected chi connectivity index (χ0v) is 5.73. The van der Waals surface area contributed by atoms with Gasteiger partial charge in [0.2, 0.25) is 0 Å². The first-order valence-corrected chi connectivity index (χ1v) is 3.48. The highest BCUT2D eigenvalue weighted by molar-refractivity contribution is 5.21. The average molecular weight is 128 g/mol. The number of allylic oxidation sites excluding steroid dienone is 1. The molecule has 0 aromatic heterocycles. The van der Waals surface area contributed by atoms with Crippen molar-refractivity contribution in [3.05, 3.63) is 11.6 Å². The average Bonchev–Trinajstić information content (AvgIpc) is 2.63. The van der Waals surface area contributed by atoms with Crippen molar-refractivity contribution in [1.82, 2.24) is 0 Å². The van der Waals surface area contributed by atoms with Crippen LogP contribution in [-0.2, 0) is 4.74 Å². The summed E-state index contributed by atoms with van der Waals surface area (Å²) in [5, 5.41) is 0. The van der Waals surface area contributed by atoms with Crippen molar-refractivity contribution < 1.29 is 10.5 Å². The zero-order valence-electron chi connectivity index (χ0n) is 5.73. The molecule has 1 aliphatic carbocycles. The molecule has 0 saturated heterocycles. The van der Waals surface area contributed by atoms with E-state index in [1.165, 1.54) is 6.42 Å². The van der Waals surface area contributed by atoms with Crippen molar-refractivity contribution in [3.63, 3.8) is 0 Å².